The van der Waals surface area contributed by atoms with Gasteiger partial charge in [-0.2, -0.15) is 5.10 Å². The number of guanidine groups is 1. The number of hydrogen-bond donors (Lipinski definition) is 2. The Bertz CT molecular complexity index is 864. The zero-order valence-electron chi connectivity index (χ0n) is 19.7. The minimum absolute atomic E-state index is 0. The van der Waals surface area contributed by atoms with Gasteiger partial charge >= 0.3 is 0 Å². The fourth-order valence-electron chi connectivity index (χ4n) is 3.64. The Morgan fingerprint density at radius 1 is 1.19 bits per heavy atom. The van der Waals surface area contributed by atoms with Crippen LogP contribution in [0, 0.1) is 13.8 Å². The Kier molecular flexibility index (Phi) is 11.3. The smallest absolute Gasteiger partial charge is 0.191 e. The van der Waals surface area contributed by atoms with Crippen LogP contribution in [0.5, 0.6) is 5.75 Å². The average Bonchev–Trinajstić information content (AvgIpc) is 3.02. The van der Waals surface area contributed by atoms with Gasteiger partial charge in [-0.25, -0.2) is 4.99 Å². The predicted octanol–water partition coefficient (Wildman–Crippen LogP) is 2.62. The number of aryl methyl sites for hydroxylation is 2. The second kappa shape index (κ2) is 13.6. The van der Waals surface area contributed by atoms with E-state index in [2.05, 4.69) is 40.5 Å². The topological polar surface area (TPSA) is 75.9 Å². The third kappa shape index (κ3) is 7.63. The summed E-state index contributed by atoms with van der Waals surface area (Å²) >= 11 is 0. The molecule has 1 aliphatic rings. The van der Waals surface area contributed by atoms with Gasteiger partial charge in [0.1, 0.15) is 12.4 Å². The lowest BCUT2D eigenvalue weighted by atomic mass is 10.2. The van der Waals surface area contributed by atoms with Gasteiger partial charge in [0.05, 0.1) is 25.5 Å². The maximum atomic E-state index is 6.09. The van der Waals surface area contributed by atoms with Crippen LogP contribution >= 0.6 is 24.0 Å². The third-order valence-corrected chi connectivity index (χ3v) is 5.58. The van der Waals surface area contributed by atoms with Gasteiger partial charge in [0.25, 0.3) is 0 Å². The summed E-state index contributed by atoms with van der Waals surface area (Å²) < 4.78 is 13.4. The molecule has 0 aliphatic carbocycles. The minimum atomic E-state index is 0. The van der Waals surface area contributed by atoms with Gasteiger partial charge in [-0.3, -0.25) is 9.58 Å². The molecule has 2 N–H and O–H groups in total. The lowest BCUT2D eigenvalue weighted by Gasteiger charge is -2.26. The van der Waals surface area contributed by atoms with Crippen LogP contribution in [0.1, 0.15) is 29.4 Å². The van der Waals surface area contributed by atoms with Crippen LogP contribution in [-0.2, 0) is 24.9 Å². The molecule has 0 unspecified atom stereocenters. The third-order valence-electron chi connectivity index (χ3n) is 5.58. The van der Waals surface area contributed by atoms with E-state index in [0.29, 0.717) is 19.7 Å². The lowest BCUT2D eigenvalue weighted by Crippen LogP contribution is -2.38. The highest BCUT2D eigenvalue weighted by Gasteiger charge is 2.12. The standard InChI is InChI=1S/C23H36N6O2.HI/c1-5-24-23(26-17-21-18(2)27-28(4)19(21)3)25-16-20-8-6-7-9-22(20)31-15-12-29-10-13-30-14-11-29;/h6-9H,5,10-17H2,1-4H3,(H2,24,25,26);1H. The Hall–Kier alpha value is -1.85. The Morgan fingerprint density at radius 2 is 1.94 bits per heavy atom. The van der Waals surface area contributed by atoms with Crippen molar-refractivity contribution in [2.75, 3.05) is 46.0 Å². The molecule has 0 bridgehead atoms. The molecule has 0 amide bonds. The SMILES string of the molecule is CCNC(=NCc1ccccc1OCCN1CCOCC1)NCc1c(C)nn(C)c1C.I. The number of morpholine rings is 1. The molecule has 3 rings (SSSR count). The summed E-state index contributed by atoms with van der Waals surface area (Å²) in [5, 5.41) is 11.3. The number of para-hydroxylation sites is 1. The van der Waals surface area contributed by atoms with E-state index in [4.69, 9.17) is 14.5 Å². The molecule has 2 aromatic rings. The molecule has 1 aromatic heterocycles. The molecule has 9 heteroatoms. The van der Waals surface area contributed by atoms with E-state index in [-0.39, 0.29) is 24.0 Å². The largest absolute Gasteiger partial charge is 0.492 e. The first-order valence-corrected chi connectivity index (χ1v) is 11.1. The number of nitrogens with zero attached hydrogens (tertiary/aromatic N) is 4. The second-order valence-electron chi connectivity index (χ2n) is 7.73. The number of rotatable bonds is 9. The molecule has 0 saturated carbocycles. The first-order valence-electron chi connectivity index (χ1n) is 11.1. The van der Waals surface area contributed by atoms with Gasteiger partial charge in [-0.15, -0.1) is 24.0 Å². The Morgan fingerprint density at radius 3 is 2.62 bits per heavy atom. The molecule has 0 spiro atoms. The number of nitrogens with one attached hydrogen (secondary N) is 2. The lowest BCUT2D eigenvalue weighted by molar-refractivity contribution is 0.0322. The van der Waals surface area contributed by atoms with Crippen molar-refractivity contribution in [3.63, 3.8) is 0 Å². The fourth-order valence-corrected chi connectivity index (χ4v) is 3.64. The summed E-state index contributed by atoms with van der Waals surface area (Å²) in [5.74, 6) is 1.68. The predicted molar refractivity (Wildman–Crippen MR) is 139 cm³/mol. The molecule has 1 aliphatic heterocycles. The summed E-state index contributed by atoms with van der Waals surface area (Å²) in [6.45, 7) is 13.4. The number of aromatic nitrogens is 2. The van der Waals surface area contributed by atoms with E-state index >= 15 is 0 Å². The van der Waals surface area contributed by atoms with Crippen molar-refractivity contribution < 1.29 is 9.47 Å². The van der Waals surface area contributed by atoms with Crippen molar-refractivity contribution in [2.24, 2.45) is 12.0 Å². The van der Waals surface area contributed by atoms with E-state index in [0.717, 1.165) is 62.4 Å². The number of halogens is 1. The van der Waals surface area contributed by atoms with Crippen molar-refractivity contribution in [3.05, 3.63) is 46.8 Å². The van der Waals surface area contributed by atoms with Gasteiger partial charge in [0.15, 0.2) is 5.96 Å². The first-order chi connectivity index (χ1) is 15.1. The van der Waals surface area contributed by atoms with E-state index in [9.17, 15) is 0 Å². The van der Waals surface area contributed by atoms with Crippen molar-refractivity contribution in [3.8, 4) is 5.75 Å². The molecule has 32 heavy (non-hydrogen) atoms. The Balaban J connectivity index is 0.00000363. The van der Waals surface area contributed by atoms with E-state index in [1.54, 1.807) is 0 Å². The van der Waals surface area contributed by atoms with Crippen LogP contribution in [0.25, 0.3) is 0 Å². The van der Waals surface area contributed by atoms with Crippen molar-refractivity contribution in [1.82, 2.24) is 25.3 Å². The van der Waals surface area contributed by atoms with Gasteiger partial charge in [-0.1, -0.05) is 18.2 Å². The normalized spacial score (nSPS) is 14.7. The van der Waals surface area contributed by atoms with E-state index in [1.165, 1.54) is 11.3 Å². The van der Waals surface area contributed by atoms with Crippen LogP contribution < -0.4 is 15.4 Å². The number of ether oxygens (including phenoxy) is 2. The number of aliphatic imine (C=N–C) groups is 1. The average molecular weight is 556 g/mol. The van der Waals surface area contributed by atoms with E-state index < -0.39 is 0 Å². The molecule has 178 valence electrons. The van der Waals surface area contributed by atoms with E-state index in [1.807, 2.05) is 36.9 Å². The molecule has 1 saturated heterocycles. The van der Waals surface area contributed by atoms with Crippen LogP contribution in [0.15, 0.2) is 29.3 Å². The minimum Gasteiger partial charge on any atom is -0.492 e. The highest BCUT2D eigenvalue weighted by atomic mass is 127. The molecule has 0 atom stereocenters. The quantitative estimate of drug-likeness (QED) is 0.281. The van der Waals surface area contributed by atoms with Gasteiger partial charge in [0.2, 0.25) is 0 Å². The number of hydrogen-bond acceptors (Lipinski definition) is 5. The molecular formula is C23H37IN6O2. The zero-order chi connectivity index (χ0) is 22.1. The molecule has 1 fully saturated rings. The number of benzene rings is 1. The summed E-state index contributed by atoms with van der Waals surface area (Å²) in [7, 11) is 1.97. The highest BCUT2D eigenvalue weighted by Crippen LogP contribution is 2.19. The molecule has 2 heterocycles. The summed E-state index contributed by atoms with van der Waals surface area (Å²) in [6.07, 6.45) is 0. The van der Waals surface area contributed by atoms with Crippen molar-refractivity contribution >= 4 is 29.9 Å². The zero-order valence-corrected chi connectivity index (χ0v) is 22.0. The first kappa shape index (κ1) is 26.4. The van der Waals surface area contributed by atoms with Crippen LogP contribution in [0.4, 0.5) is 0 Å². The summed E-state index contributed by atoms with van der Waals surface area (Å²) in [6, 6.07) is 8.14. The highest BCUT2D eigenvalue weighted by molar-refractivity contribution is 14.0. The maximum absolute atomic E-state index is 6.09. The molecule has 1 aromatic carbocycles. The molecule has 0 radical (unpaired) electrons. The van der Waals surface area contributed by atoms with Crippen LogP contribution in [0.2, 0.25) is 0 Å². The van der Waals surface area contributed by atoms with Gasteiger partial charge in [0, 0.05) is 56.6 Å². The molecular weight excluding hydrogens is 519 g/mol. The van der Waals surface area contributed by atoms with Gasteiger partial charge in [-0.05, 0) is 26.8 Å². The van der Waals surface area contributed by atoms with Crippen molar-refractivity contribution in [1.29, 1.82) is 0 Å². The monoisotopic (exact) mass is 556 g/mol. The Labute approximate surface area is 208 Å². The maximum Gasteiger partial charge on any atom is 0.191 e. The van der Waals surface area contributed by atoms with Crippen molar-refractivity contribution in [2.45, 2.75) is 33.9 Å². The summed E-state index contributed by atoms with van der Waals surface area (Å²) in [4.78, 5) is 7.16. The van der Waals surface area contributed by atoms with Crippen LogP contribution in [0.3, 0.4) is 0 Å². The summed E-state index contributed by atoms with van der Waals surface area (Å²) in [5.41, 5.74) is 4.50. The molecule has 8 nitrogen and oxygen atoms in total. The fraction of sp³-hybridized carbons (Fsp3) is 0.565. The second-order valence-corrected chi connectivity index (χ2v) is 7.73. The van der Waals surface area contributed by atoms with Gasteiger partial charge < -0.3 is 20.1 Å². The van der Waals surface area contributed by atoms with Crippen LogP contribution in [-0.4, -0.2) is 66.6 Å².